The Hall–Kier alpha value is -0.610. The van der Waals surface area contributed by atoms with Gasteiger partial charge in [-0.05, 0) is 19.4 Å². The second-order valence-electron chi connectivity index (χ2n) is 4.33. The summed E-state index contributed by atoms with van der Waals surface area (Å²) in [6.45, 7) is 4.95. The minimum Gasteiger partial charge on any atom is -0.341 e. The van der Waals surface area contributed by atoms with Crippen molar-refractivity contribution in [3.05, 3.63) is 0 Å². The van der Waals surface area contributed by atoms with Crippen LogP contribution < -0.4 is 5.73 Å². The molecule has 2 fully saturated rings. The largest absolute Gasteiger partial charge is 0.341 e. The third-order valence-corrected chi connectivity index (χ3v) is 3.17. The van der Waals surface area contributed by atoms with Crippen molar-refractivity contribution in [1.29, 1.82) is 0 Å². The fourth-order valence-corrected chi connectivity index (χ4v) is 2.27. The second-order valence-corrected chi connectivity index (χ2v) is 4.33. The molecule has 2 saturated heterocycles. The van der Waals surface area contributed by atoms with Gasteiger partial charge in [0.2, 0.25) is 5.91 Å². The van der Waals surface area contributed by atoms with Gasteiger partial charge in [0.1, 0.15) is 0 Å². The maximum Gasteiger partial charge on any atom is 0.222 e. The van der Waals surface area contributed by atoms with Crippen LogP contribution in [0.25, 0.3) is 0 Å². The first-order valence-electron chi connectivity index (χ1n) is 5.51. The van der Waals surface area contributed by atoms with E-state index in [1.807, 2.05) is 4.90 Å². The molecule has 14 heavy (non-hydrogen) atoms. The first-order chi connectivity index (χ1) is 6.75. The van der Waals surface area contributed by atoms with E-state index in [9.17, 15) is 4.79 Å². The lowest BCUT2D eigenvalue weighted by Gasteiger charge is -2.20. The first-order valence-corrected chi connectivity index (χ1v) is 5.51. The molecule has 1 atom stereocenters. The number of carbonyl (C=O) groups is 1. The minimum atomic E-state index is 0.327. The van der Waals surface area contributed by atoms with Crippen LogP contribution in [0.4, 0.5) is 0 Å². The zero-order valence-electron chi connectivity index (χ0n) is 8.61. The Morgan fingerprint density at radius 2 is 2.21 bits per heavy atom. The van der Waals surface area contributed by atoms with Crippen molar-refractivity contribution < 1.29 is 4.79 Å². The molecule has 1 amide bonds. The lowest BCUT2D eigenvalue weighted by atomic mass is 10.3. The standard InChI is InChI=1S/C10H19N3O/c11-9-3-5-12(8-9)6-7-13-4-1-2-10(13)14/h9H,1-8,11H2/t9-/m0/s1. The Morgan fingerprint density at radius 3 is 2.79 bits per heavy atom. The highest BCUT2D eigenvalue weighted by Gasteiger charge is 2.23. The zero-order valence-corrected chi connectivity index (χ0v) is 8.61. The van der Waals surface area contributed by atoms with E-state index in [2.05, 4.69) is 4.90 Å². The first kappa shape index (κ1) is 9.93. The molecule has 2 heterocycles. The van der Waals surface area contributed by atoms with Crippen molar-refractivity contribution in [2.45, 2.75) is 25.3 Å². The fourth-order valence-electron chi connectivity index (χ4n) is 2.27. The van der Waals surface area contributed by atoms with Crippen LogP contribution in [0.1, 0.15) is 19.3 Å². The highest BCUT2D eigenvalue weighted by molar-refractivity contribution is 5.78. The van der Waals surface area contributed by atoms with Crippen LogP contribution in [0.3, 0.4) is 0 Å². The zero-order chi connectivity index (χ0) is 9.97. The number of nitrogens with zero attached hydrogens (tertiary/aromatic N) is 2. The van der Waals surface area contributed by atoms with Gasteiger partial charge in [-0.3, -0.25) is 9.69 Å². The van der Waals surface area contributed by atoms with Gasteiger partial charge in [0.15, 0.2) is 0 Å². The Morgan fingerprint density at radius 1 is 1.36 bits per heavy atom. The SMILES string of the molecule is N[C@H]1CCN(CCN2CCCC2=O)C1. The molecule has 4 nitrogen and oxygen atoms in total. The molecule has 0 bridgehead atoms. The summed E-state index contributed by atoms with van der Waals surface area (Å²) in [6, 6.07) is 0.351. The molecular weight excluding hydrogens is 178 g/mol. The van der Waals surface area contributed by atoms with E-state index in [-0.39, 0.29) is 0 Å². The average Bonchev–Trinajstić information content (AvgIpc) is 2.72. The maximum absolute atomic E-state index is 11.3. The molecule has 2 rings (SSSR count). The summed E-state index contributed by atoms with van der Waals surface area (Å²) in [7, 11) is 0. The number of carbonyl (C=O) groups excluding carboxylic acids is 1. The van der Waals surface area contributed by atoms with Crippen LogP contribution >= 0.6 is 0 Å². The van der Waals surface area contributed by atoms with E-state index in [4.69, 9.17) is 5.73 Å². The van der Waals surface area contributed by atoms with Gasteiger partial charge in [0, 0.05) is 38.6 Å². The van der Waals surface area contributed by atoms with Gasteiger partial charge in [0.05, 0.1) is 0 Å². The van der Waals surface area contributed by atoms with Gasteiger partial charge in [-0.25, -0.2) is 0 Å². The van der Waals surface area contributed by atoms with Crippen LogP contribution in [0.5, 0.6) is 0 Å². The summed E-state index contributed by atoms with van der Waals surface area (Å²) >= 11 is 0. The molecule has 80 valence electrons. The molecule has 2 aliphatic rings. The Kier molecular flexibility index (Phi) is 3.03. The summed E-state index contributed by atoms with van der Waals surface area (Å²) in [4.78, 5) is 15.7. The van der Waals surface area contributed by atoms with E-state index < -0.39 is 0 Å². The van der Waals surface area contributed by atoms with Crippen molar-refractivity contribution in [1.82, 2.24) is 9.80 Å². The average molecular weight is 197 g/mol. The lowest BCUT2D eigenvalue weighted by Crippen LogP contribution is -2.35. The summed E-state index contributed by atoms with van der Waals surface area (Å²) in [6.07, 6.45) is 2.89. The van der Waals surface area contributed by atoms with Crippen LogP contribution in [-0.4, -0.2) is 54.5 Å². The van der Waals surface area contributed by atoms with Crippen LogP contribution in [0.15, 0.2) is 0 Å². The number of rotatable bonds is 3. The van der Waals surface area contributed by atoms with Crippen LogP contribution in [0, 0.1) is 0 Å². The summed E-state index contributed by atoms with van der Waals surface area (Å²) in [5, 5.41) is 0. The molecule has 0 aromatic carbocycles. The van der Waals surface area contributed by atoms with E-state index in [1.54, 1.807) is 0 Å². The quantitative estimate of drug-likeness (QED) is 0.672. The molecule has 0 unspecified atom stereocenters. The molecule has 0 spiro atoms. The molecule has 0 aromatic rings. The minimum absolute atomic E-state index is 0.327. The smallest absolute Gasteiger partial charge is 0.222 e. The van der Waals surface area contributed by atoms with Gasteiger partial charge in [-0.2, -0.15) is 0 Å². The molecule has 4 heteroatoms. The number of likely N-dealkylation sites (tertiary alicyclic amines) is 2. The van der Waals surface area contributed by atoms with Crippen molar-refractivity contribution in [2.75, 3.05) is 32.7 Å². The normalized spacial score (nSPS) is 29.1. The summed E-state index contributed by atoms with van der Waals surface area (Å²) < 4.78 is 0. The number of nitrogens with two attached hydrogens (primary N) is 1. The van der Waals surface area contributed by atoms with Gasteiger partial charge >= 0.3 is 0 Å². The molecule has 0 aromatic heterocycles. The Labute approximate surface area is 85.0 Å². The number of hydrogen-bond donors (Lipinski definition) is 1. The van der Waals surface area contributed by atoms with Crippen molar-refractivity contribution in [2.24, 2.45) is 5.73 Å². The summed E-state index contributed by atoms with van der Waals surface area (Å²) in [5.74, 6) is 0.327. The molecule has 0 aliphatic carbocycles. The predicted octanol–water partition coefficient (Wildman–Crippen LogP) is -0.358. The maximum atomic E-state index is 11.3. The molecular formula is C10H19N3O. The third-order valence-electron chi connectivity index (χ3n) is 3.17. The Balaban J connectivity index is 1.69. The monoisotopic (exact) mass is 197 g/mol. The van der Waals surface area contributed by atoms with Gasteiger partial charge in [-0.15, -0.1) is 0 Å². The van der Waals surface area contributed by atoms with Gasteiger partial charge < -0.3 is 10.6 Å². The molecule has 2 aliphatic heterocycles. The molecule has 0 saturated carbocycles. The highest BCUT2D eigenvalue weighted by atomic mass is 16.2. The number of hydrogen-bond acceptors (Lipinski definition) is 3. The lowest BCUT2D eigenvalue weighted by molar-refractivity contribution is -0.127. The van der Waals surface area contributed by atoms with Crippen LogP contribution in [0.2, 0.25) is 0 Å². The number of amides is 1. The predicted molar refractivity (Wildman–Crippen MR) is 54.8 cm³/mol. The van der Waals surface area contributed by atoms with Crippen molar-refractivity contribution in [3.8, 4) is 0 Å². The third kappa shape index (κ3) is 2.25. The van der Waals surface area contributed by atoms with E-state index in [0.29, 0.717) is 11.9 Å². The highest BCUT2D eigenvalue weighted by Crippen LogP contribution is 2.11. The summed E-state index contributed by atoms with van der Waals surface area (Å²) in [5.41, 5.74) is 5.81. The van der Waals surface area contributed by atoms with Crippen molar-refractivity contribution in [3.63, 3.8) is 0 Å². The van der Waals surface area contributed by atoms with Gasteiger partial charge in [0.25, 0.3) is 0 Å². The van der Waals surface area contributed by atoms with Crippen molar-refractivity contribution >= 4 is 5.91 Å². The van der Waals surface area contributed by atoms with Crippen LogP contribution in [-0.2, 0) is 4.79 Å². The fraction of sp³-hybridized carbons (Fsp3) is 0.900. The van der Waals surface area contributed by atoms with E-state index in [1.165, 1.54) is 0 Å². The Bertz CT molecular complexity index is 219. The van der Waals surface area contributed by atoms with E-state index in [0.717, 1.165) is 52.0 Å². The van der Waals surface area contributed by atoms with E-state index >= 15 is 0 Å². The second kappa shape index (κ2) is 4.28. The molecule has 2 N–H and O–H groups in total. The topological polar surface area (TPSA) is 49.6 Å². The molecule has 0 radical (unpaired) electrons. The van der Waals surface area contributed by atoms with Gasteiger partial charge in [-0.1, -0.05) is 0 Å².